The summed E-state index contributed by atoms with van der Waals surface area (Å²) < 4.78 is 5.35. The molecule has 7 nitrogen and oxygen atoms in total. The number of rotatable bonds is 6. The molecule has 3 rings (SSSR count). The van der Waals surface area contributed by atoms with Crippen LogP contribution in [0.1, 0.15) is 0 Å². The van der Waals surface area contributed by atoms with Crippen molar-refractivity contribution in [3.63, 3.8) is 0 Å². The highest BCUT2D eigenvalue weighted by atomic mass is 35.5. The van der Waals surface area contributed by atoms with E-state index in [1.165, 1.54) is 4.90 Å². The molecular formula is C15H19Cl2N6O+. The average molecular weight is 370 g/mol. The highest BCUT2D eigenvalue weighted by molar-refractivity contribution is 6.30. The minimum absolute atomic E-state index is 0.141. The van der Waals surface area contributed by atoms with Crippen molar-refractivity contribution in [2.45, 2.75) is 0 Å². The molecule has 128 valence electrons. The molecule has 0 radical (unpaired) electrons. The summed E-state index contributed by atoms with van der Waals surface area (Å²) in [7, 11) is 0. The molecular weight excluding hydrogens is 351 g/mol. The van der Waals surface area contributed by atoms with Gasteiger partial charge in [-0.25, -0.2) is 0 Å². The predicted molar refractivity (Wildman–Crippen MR) is 94.4 cm³/mol. The van der Waals surface area contributed by atoms with Crippen molar-refractivity contribution >= 4 is 40.8 Å². The van der Waals surface area contributed by atoms with Gasteiger partial charge in [-0.3, -0.25) is 0 Å². The van der Waals surface area contributed by atoms with Gasteiger partial charge in [0.1, 0.15) is 13.1 Å². The van der Waals surface area contributed by atoms with Crippen molar-refractivity contribution < 1.29 is 9.64 Å². The average Bonchev–Trinajstić information content (AvgIpc) is 2.57. The zero-order valence-electron chi connectivity index (χ0n) is 13.1. The standard InChI is InChI=1S/C15H18Cl2N6O/c16-11-1-3-12(4-2-11)19-15-21-13(17)20-14(22-15)18-5-6-23-7-9-24-10-8-23/h1-4H,5-10H2,(H2,18,19,20,21,22)/p+1. The van der Waals surface area contributed by atoms with Crippen LogP contribution < -0.4 is 15.5 Å². The topological polar surface area (TPSA) is 76.4 Å². The third kappa shape index (κ3) is 5.17. The lowest BCUT2D eigenvalue weighted by Crippen LogP contribution is -3.14. The van der Waals surface area contributed by atoms with Gasteiger partial charge in [-0.2, -0.15) is 15.0 Å². The van der Waals surface area contributed by atoms with Crippen molar-refractivity contribution in [1.29, 1.82) is 0 Å². The number of halogens is 2. The fraction of sp³-hybridized carbons (Fsp3) is 0.400. The second-order valence-corrected chi connectivity index (χ2v) is 6.20. The Morgan fingerprint density at radius 3 is 2.46 bits per heavy atom. The van der Waals surface area contributed by atoms with E-state index in [0.29, 0.717) is 16.9 Å². The van der Waals surface area contributed by atoms with Crippen molar-refractivity contribution in [2.75, 3.05) is 50.0 Å². The smallest absolute Gasteiger partial charge is 0.233 e. The summed E-state index contributed by atoms with van der Waals surface area (Å²) in [4.78, 5) is 14.0. The zero-order valence-corrected chi connectivity index (χ0v) is 14.6. The van der Waals surface area contributed by atoms with Gasteiger partial charge >= 0.3 is 0 Å². The SMILES string of the molecule is Clc1ccc(Nc2nc(Cl)nc(NCC[NH+]3CCOCC3)n2)cc1. The monoisotopic (exact) mass is 369 g/mol. The quantitative estimate of drug-likeness (QED) is 0.711. The Labute approximate surface area is 150 Å². The Hall–Kier alpha value is -1.67. The molecule has 0 atom stereocenters. The molecule has 2 aromatic rings. The van der Waals surface area contributed by atoms with Gasteiger partial charge in [0.25, 0.3) is 0 Å². The normalized spacial score (nSPS) is 15.2. The summed E-state index contributed by atoms with van der Waals surface area (Å²) in [6.07, 6.45) is 0. The summed E-state index contributed by atoms with van der Waals surface area (Å²) in [6.45, 7) is 5.44. The van der Waals surface area contributed by atoms with Crippen LogP contribution in [0.3, 0.4) is 0 Å². The molecule has 3 N–H and O–H groups in total. The molecule has 24 heavy (non-hydrogen) atoms. The van der Waals surface area contributed by atoms with Crippen LogP contribution >= 0.6 is 23.2 Å². The molecule has 0 saturated carbocycles. The lowest BCUT2D eigenvalue weighted by atomic mass is 10.3. The van der Waals surface area contributed by atoms with E-state index in [9.17, 15) is 0 Å². The maximum Gasteiger partial charge on any atom is 0.233 e. The first-order valence-electron chi connectivity index (χ1n) is 7.78. The number of hydrogen-bond acceptors (Lipinski definition) is 6. The van der Waals surface area contributed by atoms with Crippen molar-refractivity contribution in [3.05, 3.63) is 34.6 Å². The van der Waals surface area contributed by atoms with E-state index in [4.69, 9.17) is 27.9 Å². The van der Waals surface area contributed by atoms with Gasteiger partial charge in [0.2, 0.25) is 17.2 Å². The van der Waals surface area contributed by atoms with Gasteiger partial charge in [-0.05, 0) is 35.9 Å². The molecule has 1 fully saturated rings. The van der Waals surface area contributed by atoms with Gasteiger partial charge in [-0.1, -0.05) is 11.6 Å². The molecule has 0 unspecified atom stereocenters. The third-order valence-electron chi connectivity index (χ3n) is 3.67. The number of ether oxygens (including phenoxy) is 1. The minimum atomic E-state index is 0.141. The van der Waals surface area contributed by atoms with E-state index in [2.05, 4.69) is 25.6 Å². The zero-order chi connectivity index (χ0) is 16.8. The Morgan fingerprint density at radius 1 is 1.00 bits per heavy atom. The molecule has 0 spiro atoms. The second kappa shape index (κ2) is 8.43. The highest BCUT2D eigenvalue weighted by Gasteiger charge is 2.13. The van der Waals surface area contributed by atoms with Gasteiger partial charge in [0.15, 0.2) is 0 Å². The maximum atomic E-state index is 5.98. The summed E-state index contributed by atoms with van der Waals surface area (Å²) in [5, 5.41) is 7.09. The van der Waals surface area contributed by atoms with E-state index in [0.717, 1.165) is 45.1 Å². The summed E-state index contributed by atoms with van der Waals surface area (Å²) in [5.41, 5.74) is 0.824. The summed E-state index contributed by atoms with van der Waals surface area (Å²) in [6, 6.07) is 7.26. The Balaban J connectivity index is 1.57. The molecule has 2 heterocycles. The lowest BCUT2D eigenvalue weighted by Gasteiger charge is -2.23. The summed E-state index contributed by atoms with van der Waals surface area (Å²) >= 11 is 11.9. The van der Waals surface area contributed by atoms with Crippen LogP contribution in [0.5, 0.6) is 0 Å². The lowest BCUT2D eigenvalue weighted by molar-refractivity contribution is -0.906. The molecule has 1 saturated heterocycles. The Kier molecular flexibility index (Phi) is 6.03. The van der Waals surface area contributed by atoms with E-state index in [-0.39, 0.29) is 5.28 Å². The van der Waals surface area contributed by atoms with Gasteiger partial charge < -0.3 is 20.3 Å². The number of nitrogens with one attached hydrogen (secondary N) is 3. The van der Waals surface area contributed by atoms with Crippen molar-refractivity contribution in [1.82, 2.24) is 15.0 Å². The number of hydrogen-bond donors (Lipinski definition) is 3. The van der Waals surface area contributed by atoms with Gasteiger partial charge in [0.05, 0.1) is 26.3 Å². The number of anilines is 3. The highest BCUT2D eigenvalue weighted by Crippen LogP contribution is 2.18. The van der Waals surface area contributed by atoms with Crippen molar-refractivity contribution in [2.24, 2.45) is 0 Å². The minimum Gasteiger partial charge on any atom is -0.370 e. The Bertz CT molecular complexity index is 664. The van der Waals surface area contributed by atoms with Crippen LogP contribution in [-0.4, -0.2) is 54.3 Å². The maximum absolute atomic E-state index is 5.98. The van der Waals surface area contributed by atoms with Crippen molar-refractivity contribution in [3.8, 4) is 0 Å². The largest absolute Gasteiger partial charge is 0.370 e. The fourth-order valence-electron chi connectivity index (χ4n) is 2.41. The predicted octanol–water partition coefficient (Wildman–Crippen LogP) is 1.25. The molecule has 1 aromatic carbocycles. The van der Waals surface area contributed by atoms with Crippen LogP contribution in [-0.2, 0) is 4.74 Å². The number of morpholine rings is 1. The van der Waals surface area contributed by atoms with Crippen LogP contribution in [0, 0.1) is 0 Å². The number of benzene rings is 1. The van der Waals surface area contributed by atoms with Gasteiger partial charge in [0, 0.05) is 10.7 Å². The van der Waals surface area contributed by atoms with Gasteiger partial charge in [-0.15, -0.1) is 0 Å². The van der Waals surface area contributed by atoms with Crippen LogP contribution in [0.15, 0.2) is 24.3 Å². The fourth-order valence-corrected chi connectivity index (χ4v) is 2.69. The number of quaternary nitrogens is 1. The first-order chi connectivity index (χ1) is 11.7. The number of aromatic nitrogens is 3. The first-order valence-corrected chi connectivity index (χ1v) is 8.54. The third-order valence-corrected chi connectivity index (χ3v) is 4.09. The molecule has 0 bridgehead atoms. The Morgan fingerprint density at radius 2 is 1.71 bits per heavy atom. The molecule has 0 aliphatic carbocycles. The molecule has 1 aliphatic heterocycles. The molecule has 0 amide bonds. The van der Waals surface area contributed by atoms with Crippen LogP contribution in [0.2, 0.25) is 10.3 Å². The summed E-state index contributed by atoms with van der Waals surface area (Å²) in [5.74, 6) is 0.845. The van der Waals surface area contributed by atoms with E-state index in [1.807, 2.05) is 12.1 Å². The molecule has 1 aromatic heterocycles. The molecule has 9 heteroatoms. The van der Waals surface area contributed by atoms with E-state index >= 15 is 0 Å². The first kappa shape index (κ1) is 17.2. The number of nitrogens with zero attached hydrogens (tertiary/aromatic N) is 3. The van der Waals surface area contributed by atoms with E-state index < -0.39 is 0 Å². The van der Waals surface area contributed by atoms with Crippen LogP contribution in [0.25, 0.3) is 0 Å². The second-order valence-electron chi connectivity index (χ2n) is 5.42. The van der Waals surface area contributed by atoms with E-state index in [1.54, 1.807) is 12.1 Å². The van der Waals surface area contributed by atoms with Crippen LogP contribution in [0.4, 0.5) is 17.6 Å². The molecule has 1 aliphatic rings.